The molecular weight excluding hydrogens is 552 g/mol. The number of aryl methyl sites for hydroxylation is 1. The Morgan fingerprint density at radius 3 is 2.54 bits per heavy atom. The number of anilines is 1. The Kier molecular flexibility index (Phi) is 6.83. The van der Waals surface area contributed by atoms with Gasteiger partial charge in [0.05, 0.1) is 22.7 Å². The monoisotopic (exact) mass is 582 g/mol. The zero-order chi connectivity index (χ0) is 26.5. The molecule has 0 spiro atoms. The summed E-state index contributed by atoms with van der Waals surface area (Å²) in [4.78, 5) is 27.3. The van der Waals surface area contributed by atoms with Crippen LogP contribution in [0.1, 0.15) is 75.6 Å². The molecule has 0 radical (unpaired) electrons. The van der Waals surface area contributed by atoms with E-state index in [-0.39, 0.29) is 11.3 Å². The van der Waals surface area contributed by atoms with Gasteiger partial charge < -0.3 is 20.1 Å². The molecular formula is C29H31BrN2O4S. The Balaban J connectivity index is 1.40. The number of fused-ring (bicyclic) bond motifs is 3. The third-order valence-corrected chi connectivity index (χ3v) is 9.11. The van der Waals surface area contributed by atoms with Crippen molar-refractivity contribution < 1.29 is 19.1 Å². The van der Waals surface area contributed by atoms with Gasteiger partial charge in [-0.15, -0.1) is 11.3 Å². The Morgan fingerprint density at radius 2 is 1.86 bits per heavy atom. The van der Waals surface area contributed by atoms with E-state index in [1.165, 1.54) is 17.6 Å². The number of halogens is 1. The first-order valence-corrected chi connectivity index (χ1v) is 14.0. The number of esters is 1. The van der Waals surface area contributed by atoms with E-state index in [1.807, 2.05) is 25.1 Å². The van der Waals surface area contributed by atoms with Crippen molar-refractivity contribution in [1.29, 1.82) is 0 Å². The van der Waals surface area contributed by atoms with Crippen LogP contribution in [0.2, 0.25) is 0 Å². The van der Waals surface area contributed by atoms with Gasteiger partial charge in [0.1, 0.15) is 11.2 Å². The molecule has 8 heteroatoms. The lowest BCUT2D eigenvalue weighted by molar-refractivity contribution is 0.0728. The highest BCUT2D eigenvalue weighted by molar-refractivity contribution is 9.10. The minimum absolute atomic E-state index is 0.0598. The molecule has 0 unspecified atom stereocenters. The Hall–Kier alpha value is -2.84. The smallest absolute Gasteiger partial charge is 0.343 e. The summed E-state index contributed by atoms with van der Waals surface area (Å²) in [6, 6.07) is 10.8. The van der Waals surface area contributed by atoms with Crippen molar-refractivity contribution in [3.8, 4) is 11.5 Å². The molecule has 5 rings (SSSR count). The van der Waals surface area contributed by atoms with E-state index >= 15 is 0 Å². The van der Waals surface area contributed by atoms with Crippen molar-refractivity contribution >= 4 is 44.1 Å². The highest BCUT2D eigenvalue weighted by Gasteiger charge is 2.37. The van der Waals surface area contributed by atoms with E-state index in [2.05, 4.69) is 47.3 Å². The number of methoxy groups -OCH3 is 1. The van der Waals surface area contributed by atoms with Crippen molar-refractivity contribution in [1.82, 2.24) is 5.32 Å². The second-order valence-electron chi connectivity index (χ2n) is 10.9. The summed E-state index contributed by atoms with van der Waals surface area (Å²) in [5.41, 5.74) is 4.53. The quantitative estimate of drug-likeness (QED) is 0.254. The first kappa shape index (κ1) is 25.8. The summed E-state index contributed by atoms with van der Waals surface area (Å²) in [6.45, 7) is 8.85. The van der Waals surface area contributed by atoms with Gasteiger partial charge in [-0.3, -0.25) is 4.79 Å². The maximum atomic E-state index is 13.3. The summed E-state index contributed by atoms with van der Waals surface area (Å²) < 4.78 is 11.8. The van der Waals surface area contributed by atoms with Gasteiger partial charge in [-0.1, -0.05) is 38.5 Å². The normalized spacial score (nSPS) is 18.8. The zero-order valence-corrected chi connectivity index (χ0v) is 24.1. The summed E-state index contributed by atoms with van der Waals surface area (Å²) in [7, 11) is 1.53. The van der Waals surface area contributed by atoms with E-state index in [0.717, 1.165) is 41.0 Å². The van der Waals surface area contributed by atoms with E-state index < -0.39 is 12.1 Å². The van der Waals surface area contributed by atoms with Gasteiger partial charge in [-0.05, 0) is 88.8 Å². The minimum Gasteiger partial charge on any atom is -0.493 e. The van der Waals surface area contributed by atoms with Gasteiger partial charge in [-0.25, -0.2) is 4.79 Å². The number of hydrogen-bond donors (Lipinski definition) is 2. The third kappa shape index (κ3) is 5.01. The molecule has 1 aliphatic heterocycles. The van der Waals surface area contributed by atoms with Crippen LogP contribution in [0.4, 0.5) is 5.00 Å². The zero-order valence-electron chi connectivity index (χ0n) is 21.7. The lowest BCUT2D eigenvalue weighted by Gasteiger charge is -2.34. The standard InChI is InChI=1S/C29H31BrN2O4S/c1-15-6-8-16(9-7-15)28(34)36-24-20(30)12-17(13-21(24)35-5)25-31-26(33)23-19-11-10-18(29(2,3)4)14-22(19)37-27(23)32-25/h6-9,12-13,18,25,32H,10-11,14H2,1-5H3,(H,31,33)/t18-,25-/m0/s1. The van der Waals surface area contributed by atoms with Crippen LogP contribution in [0, 0.1) is 18.3 Å². The number of rotatable bonds is 4. The highest BCUT2D eigenvalue weighted by Crippen LogP contribution is 2.47. The molecule has 0 bridgehead atoms. The molecule has 0 saturated carbocycles. The lowest BCUT2D eigenvalue weighted by atomic mass is 9.72. The largest absolute Gasteiger partial charge is 0.493 e. The molecule has 37 heavy (non-hydrogen) atoms. The van der Waals surface area contributed by atoms with Crippen LogP contribution in [-0.2, 0) is 12.8 Å². The average Bonchev–Trinajstić information content (AvgIpc) is 3.23. The van der Waals surface area contributed by atoms with Crippen LogP contribution < -0.4 is 20.1 Å². The molecule has 2 atom stereocenters. The number of hydrogen-bond acceptors (Lipinski definition) is 6. The topological polar surface area (TPSA) is 76.7 Å². The number of amides is 1. The number of ether oxygens (including phenoxy) is 2. The fourth-order valence-corrected chi connectivity index (χ4v) is 6.94. The summed E-state index contributed by atoms with van der Waals surface area (Å²) in [6.07, 6.45) is 2.61. The van der Waals surface area contributed by atoms with Crippen molar-refractivity contribution in [2.24, 2.45) is 11.3 Å². The molecule has 3 aromatic rings. The number of benzene rings is 2. The van der Waals surface area contributed by atoms with Crippen LogP contribution in [0.5, 0.6) is 11.5 Å². The van der Waals surface area contributed by atoms with Crippen molar-refractivity contribution in [3.63, 3.8) is 0 Å². The molecule has 194 valence electrons. The fraction of sp³-hybridized carbons (Fsp3) is 0.379. The SMILES string of the molecule is COc1cc([C@H]2NC(=O)c3c(sc4c3CC[C@H](C(C)(C)C)C4)N2)cc(Br)c1OC(=O)c1ccc(C)cc1. The predicted octanol–water partition coefficient (Wildman–Crippen LogP) is 7.05. The molecule has 1 aromatic heterocycles. The van der Waals surface area contributed by atoms with Crippen molar-refractivity contribution in [2.75, 3.05) is 12.4 Å². The predicted molar refractivity (Wildman–Crippen MR) is 150 cm³/mol. The van der Waals surface area contributed by atoms with Gasteiger partial charge in [0, 0.05) is 4.88 Å². The summed E-state index contributed by atoms with van der Waals surface area (Å²) in [5, 5.41) is 7.55. The van der Waals surface area contributed by atoms with Crippen LogP contribution >= 0.6 is 27.3 Å². The van der Waals surface area contributed by atoms with Gasteiger partial charge in [0.25, 0.3) is 5.91 Å². The number of carbonyl (C=O) groups excluding carboxylic acids is 2. The van der Waals surface area contributed by atoms with E-state index in [0.29, 0.717) is 27.5 Å². The van der Waals surface area contributed by atoms with Crippen molar-refractivity contribution in [2.45, 2.75) is 53.1 Å². The Bertz CT molecular complexity index is 1370. The number of nitrogens with one attached hydrogen (secondary N) is 2. The van der Waals surface area contributed by atoms with E-state index in [9.17, 15) is 9.59 Å². The molecule has 2 heterocycles. The molecule has 2 aromatic carbocycles. The maximum absolute atomic E-state index is 13.3. The molecule has 2 aliphatic rings. The second-order valence-corrected chi connectivity index (χ2v) is 12.8. The third-order valence-electron chi connectivity index (χ3n) is 7.34. The van der Waals surface area contributed by atoms with Gasteiger partial charge >= 0.3 is 5.97 Å². The minimum atomic E-state index is -0.474. The summed E-state index contributed by atoms with van der Waals surface area (Å²) >= 11 is 5.24. The number of carbonyl (C=O) groups is 2. The van der Waals surface area contributed by atoms with E-state index in [4.69, 9.17) is 9.47 Å². The van der Waals surface area contributed by atoms with Crippen LogP contribution in [0.15, 0.2) is 40.9 Å². The van der Waals surface area contributed by atoms with Crippen LogP contribution in [-0.4, -0.2) is 19.0 Å². The van der Waals surface area contributed by atoms with Gasteiger partial charge in [0.2, 0.25) is 0 Å². The molecule has 1 aliphatic carbocycles. The molecule has 0 fully saturated rings. The van der Waals surface area contributed by atoms with Crippen LogP contribution in [0.25, 0.3) is 0 Å². The van der Waals surface area contributed by atoms with E-state index in [1.54, 1.807) is 29.5 Å². The van der Waals surface area contributed by atoms with Crippen molar-refractivity contribution in [3.05, 3.63) is 73.6 Å². The van der Waals surface area contributed by atoms with Crippen LogP contribution in [0.3, 0.4) is 0 Å². The maximum Gasteiger partial charge on any atom is 0.343 e. The number of thiophene rings is 1. The first-order chi connectivity index (χ1) is 17.5. The molecule has 2 N–H and O–H groups in total. The fourth-order valence-electron chi connectivity index (χ4n) is 5.05. The molecule has 0 saturated heterocycles. The highest BCUT2D eigenvalue weighted by atomic mass is 79.9. The van der Waals surface area contributed by atoms with Gasteiger partial charge in [0.15, 0.2) is 11.5 Å². The van der Waals surface area contributed by atoms with Gasteiger partial charge in [-0.2, -0.15) is 0 Å². The Morgan fingerprint density at radius 1 is 1.14 bits per heavy atom. The lowest BCUT2D eigenvalue weighted by Crippen LogP contribution is -2.38. The molecule has 6 nitrogen and oxygen atoms in total. The average molecular weight is 584 g/mol. The Labute approximate surface area is 229 Å². The second kappa shape index (κ2) is 9.80. The first-order valence-electron chi connectivity index (χ1n) is 12.4. The molecule has 1 amide bonds. The summed E-state index contributed by atoms with van der Waals surface area (Å²) in [5.74, 6) is 0.757.